The molecule has 2 heterocycles. The zero-order chi connectivity index (χ0) is 14.7. The van der Waals surface area contributed by atoms with Crippen molar-refractivity contribution >= 4 is 22.4 Å². The SMILES string of the molecule is Cc1ccc(-c2csc(NC(=O)CC3CCCN3)n2)cc1. The van der Waals surface area contributed by atoms with Crippen molar-refractivity contribution < 1.29 is 4.79 Å². The van der Waals surface area contributed by atoms with Crippen molar-refractivity contribution in [3.8, 4) is 11.3 Å². The standard InChI is InChI=1S/C16H19N3OS/c1-11-4-6-12(7-5-11)14-10-21-16(18-14)19-15(20)9-13-3-2-8-17-13/h4-7,10,13,17H,2-3,8-9H2,1H3,(H,18,19,20). The first kappa shape index (κ1) is 14.2. The molecule has 1 saturated heterocycles. The lowest BCUT2D eigenvalue weighted by Crippen LogP contribution is -2.27. The summed E-state index contributed by atoms with van der Waals surface area (Å²) in [6.45, 7) is 3.08. The molecule has 0 bridgehead atoms. The van der Waals surface area contributed by atoms with E-state index in [9.17, 15) is 4.79 Å². The fourth-order valence-electron chi connectivity index (χ4n) is 2.51. The van der Waals surface area contributed by atoms with Crippen molar-refractivity contribution in [1.82, 2.24) is 10.3 Å². The molecule has 1 aliphatic heterocycles. The van der Waals surface area contributed by atoms with Crippen LogP contribution in [0.5, 0.6) is 0 Å². The van der Waals surface area contributed by atoms with Crippen molar-refractivity contribution in [1.29, 1.82) is 0 Å². The van der Waals surface area contributed by atoms with Crippen LogP contribution in [0, 0.1) is 6.92 Å². The summed E-state index contributed by atoms with van der Waals surface area (Å²) in [6, 6.07) is 8.57. The van der Waals surface area contributed by atoms with Crippen LogP contribution < -0.4 is 10.6 Å². The van der Waals surface area contributed by atoms with E-state index in [1.807, 2.05) is 5.38 Å². The number of benzene rings is 1. The zero-order valence-corrected chi connectivity index (χ0v) is 12.9. The van der Waals surface area contributed by atoms with E-state index >= 15 is 0 Å². The van der Waals surface area contributed by atoms with Crippen molar-refractivity contribution in [3.05, 3.63) is 35.2 Å². The van der Waals surface area contributed by atoms with Gasteiger partial charge in [0.2, 0.25) is 5.91 Å². The number of anilines is 1. The van der Waals surface area contributed by atoms with Crippen molar-refractivity contribution in [3.63, 3.8) is 0 Å². The van der Waals surface area contributed by atoms with Gasteiger partial charge >= 0.3 is 0 Å². The molecular formula is C16H19N3OS. The molecule has 2 N–H and O–H groups in total. The molecule has 21 heavy (non-hydrogen) atoms. The van der Waals surface area contributed by atoms with E-state index in [0.29, 0.717) is 17.6 Å². The summed E-state index contributed by atoms with van der Waals surface area (Å²) >= 11 is 1.47. The average Bonchev–Trinajstić information content (AvgIpc) is 3.11. The van der Waals surface area contributed by atoms with Gasteiger partial charge in [-0.25, -0.2) is 4.98 Å². The number of rotatable bonds is 4. The second-order valence-corrected chi connectivity index (χ2v) is 6.31. The number of carbonyl (C=O) groups excluding carboxylic acids is 1. The minimum atomic E-state index is 0.0409. The number of aromatic nitrogens is 1. The second kappa shape index (κ2) is 6.37. The Morgan fingerprint density at radius 3 is 2.95 bits per heavy atom. The first-order chi connectivity index (χ1) is 10.2. The predicted octanol–water partition coefficient (Wildman–Crippen LogP) is 3.20. The van der Waals surface area contributed by atoms with Gasteiger partial charge in [0, 0.05) is 23.4 Å². The topological polar surface area (TPSA) is 54.0 Å². The lowest BCUT2D eigenvalue weighted by molar-refractivity contribution is -0.116. The molecular weight excluding hydrogens is 282 g/mol. The highest BCUT2D eigenvalue weighted by Crippen LogP contribution is 2.25. The third-order valence-corrected chi connectivity index (χ3v) is 4.45. The van der Waals surface area contributed by atoms with Crippen LogP contribution in [0.25, 0.3) is 11.3 Å². The molecule has 1 fully saturated rings. The van der Waals surface area contributed by atoms with Crippen LogP contribution in [0.15, 0.2) is 29.6 Å². The maximum atomic E-state index is 12.0. The van der Waals surface area contributed by atoms with Crippen LogP contribution >= 0.6 is 11.3 Å². The Bertz CT molecular complexity index is 615. The van der Waals surface area contributed by atoms with E-state index in [-0.39, 0.29) is 5.91 Å². The predicted molar refractivity (Wildman–Crippen MR) is 86.6 cm³/mol. The van der Waals surface area contributed by atoms with Crippen LogP contribution in [-0.2, 0) is 4.79 Å². The van der Waals surface area contributed by atoms with Crippen LogP contribution in [-0.4, -0.2) is 23.5 Å². The molecule has 4 nitrogen and oxygen atoms in total. The summed E-state index contributed by atoms with van der Waals surface area (Å²) in [5.41, 5.74) is 3.22. The van der Waals surface area contributed by atoms with Gasteiger partial charge in [-0.2, -0.15) is 0 Å². The number of nitrogens with zero attached hydrogens (tertiary/aromatic N) is 1. The highest BCUT2D eigenvalue weighted by atomic mass is 32.1. The van der Waals surface area contributed by atoms with Gasteiger partial charge in [0.15, 0.2) is 5.13 Å². The number of nitrogens with one attached hydrogen (secondary N) is 2. The minimum Gasteiger partial charge on any atom is -0.313 e. The Labute approximate surface area is 128 Å². The third kappa shape index (κ3) is 3.68. The van der Waals surface area contributed by atoms with Gasteiger partial charge < -0.3 is 10.6 Å². The monoisotopic (exact) mass is 301 g/mol. The molecule has 0 saturated carbocycles. The van der Waals surface area contributed by atoms with Crippen LogP contribution in [0.3, 0.4) is 0 Å². The molecule has 0 spiro atoms. The smallest absolute Gasteiger partial charge is 0.227 e. The molecule has 1 aromatic heterocycles. The van der Waals surface area contributed by atoms with Crippen LogP contribution in [0.2, 0.25) is 0 Å². The molecule has 5 heteroatoms. The van der Waals surface area contributed by atoms with E-state index in [4.69, 9.17) is 0 Å². The van der Waals surface area contributed by atoms with Gasteiger partial charge in [-0.05, 0) is 26.3 Å². The van der Waals surface area contributed by atoms with E-state index in [1.54, 1.807) is 0 Å². The van der Waals surface area contributed by atoms with Crippen molar-refractivity contribution in [2.24, 2.45) is 0 Å². The van der Waals surface area contributed by atoms with Gasteiger partial charge in [-0.1, -0.05) is 29.8 Å². The molecule has 2 aromatic rings. The van der Waals surface area contributed by atoms with Gasteiger partial charge in [0.1, 0.15) is 0 Å². The van der Waals surface area contributed by atoms with Crippen LogP contribution in [0.1, 0.15) is 24.8 Å². The number of hydrogen-bond donors (Lipinski definition) is 2. The van der Waals surface area contributed by atoms with E-state index < -0.39 is 0 Å². The number of hydrogen-bond acceptors (Lipinski definition) is 4. The Hall–Kier alpha value is -1.72. The lowest BCUT2D eigenvalue weighted by Gasteiger charge is -2.08. The Morgan fingerprint density at radius 2 is 2.24 bits per heavy atom. The molecule has 1 aliphatic rings. The maximum Gasteiger partial charge on any atom is 0.227 e. The lowest BCUT2D eigenvalue weighted by atomic mass is 10.1. The zero-order valence-electron chi connectivity index (χ0n) is 12.1. The van der Waals surface area contributed by atoms with Gasteiger partial charge in [-0.3, -0.25) is 4.79 Å². The average molecular weight is 301 g/mol. The van der Waals surface area contributed by atoms with Gasteiger partial charge in [0.05, 0.1) is 5.69 Å². The molecule has 0 radical (unpaired) electrons. The first-order valence-corrected chi connectivity index (χ1v) is 8.14. The highest BCUT2D eigenvalue weighted by Gasteiger charge is 2.18. The highest BCUT2D eigenvalue weighted by molar-refractivity contribution is 7.14. The fourth-order valence-corrected chi connectivity index (χ4v) is 3.25. The second-order valence-electron chi connectivity index (χ2n) is 5.45. The molecule has 1 atom stereocenters. The van der Waals surface area contributed by atoms with Crippen LogP contribution in [0.4, 0.5) is 5.13 Å². The molecule has 3 rings (SSSR count). The maximum absolute atomic E-state index is 12.0. The molecule has 110 valence electrons. The van der Waals surface area contributed by atoms with E-state index in [2.05, 4.69) is 46.8 Å². The molecule has 1 amide bonds. The van der Waals surface area contributed by atoms with E-state index in [0.717, 1.165) is 30.6 Å². The van der Waals surface area contributed by atoms with E-state index in [1.165, 1.54) is 16.9 Å². The third-order valence-electron chi connectivity index (χ3n) is 3.69. The Balaban J connectivity index is 1.61. The van der Waals surface area contributed by atoms with Crippen molar-refractivity contribution in [2.75, 3.05) is 11.9 Å². The first-order valence-electron chi connectivity index (χ1n) is 7.26. The quantitative estimate of drug-likeness (QED) is 0.912. The largest absolute Gasteiger partial charge is 0.313 e. The number of aryl methyl sites for hydroxylation is 1. The summed E-state index contributed by atoms with van der Waals surface area (Å²) in [4.78, 5) is 16.5. The van der Waals surface area contributed by atoms with Gasteiger partial charge in [0.25, 0.3) is 0 Å². The Kier molecular flexibility index (Phi) is 4.31. The van der Waals surface area contributed by atoms with Crippen molar-refractivity contribution in [2.45, 2.75) is 32.2 Å². The number of amides is 1. The minimum absolute atomic E-state index is 0.0409. The Morgan fingerprint density at radius 1 is 1.43 bits per heavy atom. The summed E-state index contributed by atoms with van der Waals surface area (Å²) in [5.74, 6) is 0.0409. The number of thiazole rings is 1. The number of carbonyl (C=O) groups is 1. The summed E-state index contributed by atoms with van der Waals surface area (Å²) in [5, 5.41) is 8.89. The normalized spacial score (nSPS) is 17.9. The summed E-state index contributed by atoms with van der Waals surface area (Å²) in [6.07, 6.45) is 2.77. The summed E-state index contributed by atoms with van der Waals surface area (Å²) < 4.78 is 0. The molecule has 1 unspecified atom stereocenters. The molecule has 1 aromatic carbocycles. The summed E-state index contributed by atoms with van der Waals surface area (Å²) in [7, 11) is 0. The van der Waals surface area contributed by atoms with Gasteiger partial charge in [-0.15, -0.1) is 11.3 Å². The molecule has 0 aliphatic carbocycles. The fraction of sp³-hybridized carbons (Fsp3) is 0.375.